The third kappa shape index (κ3) is 4.96. The number of carbonyl (C=O) groups excluding carboxylic acids is 3. The maximum atomic E-state index is 12.9. The number of imide groups is 1. The van der Waals surface area contributed by atoms with Crippen molar-refractivity contribution in [3.8, 4) is 5.75 Å². The number of aromatic nitrogens is 1. The number of anilines is 1. The van der Waals surface area contributed by atoms with E-state index in [0.29, 0.717) is 22.9 Å². The van der Waals surface area contributed by atoms with Crippen LogP contribution < -0.4 is 10.1 Å². The van der Waals surface area contributed by atoms with Crippen LogP contribution in [0.4, 0.5) is 10.5 Å². The van der Waals surface area contributed by atoms with Crippen LogP contribution in [-0.2, 0) is 16.1 Å². The zero-order chi connectivity index (χ0) is 23.4. The highest BCUT2D eigenvalue weighted by Gasteiger charge is 2.36. The van der Waals surface area contributed by atoms with Gasteiger partial charge in [0.05, 0.1) is 11.5 Å². The van der Waals surface area contributed by atoms with Crippen molar-refractivity contribution in [3.05, 3.63) is 65.2 Å². The van der Waals surface area contributed by atoms with Gasteiger partial charge in [0, 0.05) is 34.9 Å². The Kier molecular flexibility index (Phi) is 6.84. The molecule has 1 saturated heterocycles. The summed E-state index contributed by atoms with van der Waals surface area (Å²) < 4.78 is 7.53. The van der Waals surface area contributed by atoms with E-state index in [1.165, 1.54) is 0 Å². The summed E-state index contributed by atoms with van der Waals surface area (Å²) in [6.07, 6.45) is 4.72. The van der Waals surface area contributed by atoms with E-state index < -0.39 is 17.1 Å². The summed E-state index contributed by atoms with van der Waals surface area (Å²) >= 11 is 0.856. The molecule has 7 nitrogen and oxygen atoms in total. The van der Waals surface area contributed by atoms with Crippen LogP contribution in [0.5, 0.6) is 5.75 Å². The molecule has 0 saturated carbocycles. The summed E-state index contributed by atoms with van der Waals surface area (Å²) in [7, 11) is 0. The molecule has 0 radical (unpaired) electrons. The second-order valence-corrected chi connectivity index (χ2v) is 8.56. The first kappa shape index (κ1) is 22.7. The minimum atomic E-state index is -0.459. The minimum Gasteiger partial charge on any atom is -0.494 e. The largest absolute Gasteiger partial charge is 0.494 e. The van der Waals surface area contributed by atoms with Gasteiger partial charge in [0.15, 0.2) is 0 Å². The Labute approximate surface area is 196 Å². The third-order valence-electron chi connectivity index (χ3n) is 5.19. The van der Waals surface area contributed by atoms with E-state index in [1.807, 2.05) is 37.4 Å². The summed E-state index contributed by atoms with van der Waals surface area (Å²) in [5, 5.41) is 3.28. The third-order valence-corrected chi connectivity index (χ3v) is 6.10. The van der Waals surface area contributed by atoms with E-state index >= 15 is 0 Å². The van der Waals surface area contributed by atoms with E-state index in [1.54, 1.807) is 30.3 Å². The molecular formula is C25H25N3O4S. The first-order chi connectivity index (χ1) is 16.0. The highest BCUT2D eigenvalue weighted by molar-refractivity contribution is 8.18. The summed E-state index contributed by atoms with van der Waals surface area (Å²) in [5.41, 5.74) is 2.53. The summed E-state index contributed by atoms with van der Waals surface area (Å²) in [5.74, 6) is -0.201. The van der Waals surface area contributed by atoms with Crippen molar-refractivity contribution in [2.75, 3.05) is 18.5 Å². The molecule has 170 valence electrons. The van der Waals surface area contributed by atoms with Gasteiger partial charge < -0.3 is 14.6 Å². The van der Waals surface area contributed by atoms with Gasteiger partial charge in [-0.2, -0.15) is 0 Å². The Hall–Kier alpha value is -3.52. The fraction of sp³-hybridized carbons (Fsp3) is 0.240. The molecule has 0 spiro atoms. The molecular weight excluding hydrogens is 438 g/mol. The lowest BCUT2D eigenvalue weighted by atomic mass is 10.1. The number of carbonyl (C=O) groups is 3. The Morgan fingerprint density at radius 3 is 2.58 bits per heavy atom. The maximum absolute atomic E-state index is 12.9. The molecule has 1 N–H and O–H groups in total. The van der Waals surface area contributed by atoms with Gasteiger partial charge >= 0.3 is 0 Å². The van der Waals surface area contributed by atoms with Crippen LogP contribution in [-0.4, -0.2) is 39.7 Å². The molecule has 4 rings (SSSR count). The lowest BCUT2D eigenvalue weighted by molar-refractivity contribution is -0.127. The highest BCUT2D eigenvalue weighted by atomic mass is 32.2. The molecule has 3 aromatic rings. The molecule has 0 bridgehead atoms. The predicted molar refractivity (Wildman–Crippen MR) is 131 cm³/mol. The molecule has 1 aliphatic rings. The fourth-order valence-electron chi connectivity index (χ4n) is 3.74. The second kappa shape index (κ2) is 9.95. The van der Waals surface area contributed by atoms with Crippen LogP contribution in [0, 0.1) is 0 Å². The van der Waals surface area contributed by atoms with Gasteiger partial charge in [-0.1, -0.05) is 25.1 Å². The molecule has 33 heavy (non-hydrogen) atoms. The normalized spacial score (nSPS) is 15.0. The Morgan fingerprint density at radius 2 is 1.85 bits per heavy atom. The van der Waals surface area contributed by atoms with Crippen molar-refractivity contribution < 1.29 is 19.1 Å². The van der Waals surface area contributed by atoms with Crippen LogP contribution in [0.3, 0.4) is 0 Å². The SMILES string of the molecule is CCCn1cc(/C=C2\SC(=O)N(CC(=O)Nc3ccc(OCC)cc3)C2=O)c2ccccc21. The van der Waals surface area contributed by atoms with Crippen LogP contribution in [0.25, 0.3) is 17.0 Å². The highest BCUT2D eigenvalue weighted by Crippen LogP contribution is 2.34. The van der Waals surface area contributed by atoms with Crippen molar-refractivity contribution >= 4 is 51.5 Å². The number of benzene rings is 2. The Bertz CT molecular complexity index is 1230. The van der Waals surface area contributed by atoms with Gasteiger partial charge in [0.1, 0.15) is 12.3 Å². The second-order valence-electron chi connectivity index (χ2n) is 7.57. The number of para-hydroxylation sites is 1. The topological polar surface area (TPSA) is 80.6 Å². The van der Waals surface area contributed by atoms with Crippen LogP contribution in [0.2, 0.25) is 0 Å². The van der Waals surface area contributed by atoms with Crippen molar-refractivity contribution in [2.45, 2.75) is 26.8 Å². The number of amides is 3. The van der Waals surface area contributed by atoms with E-state index in [0.717, 1.165) is 46.1 Å². The number of nitrogens with zero attached hydrogens (tertiary/aromatic N) is 2. The van der Waals surface area contributed by atoms with Crippen molar-refractivity contribution in [2.24, 2.45) is 0 Å². The number of rotatable bonds is 8. The zero-order valence-corrected chi connectivity index (χ0v) is 19.4. The molecule has 3 amide bonds. The molecule has 8 heteroatoms. The van der Waals surface area contributed by atoms with Crippen molar-refractivity contribution in [1.29, 1.82) is 0 Å². The van der Waals surface area contributed by atoms with Gasteiger partial charge in [0.25, 0.3) is 11.1 Å². The number of hydrogen-bond acceptors (Lipinski definition) is 5. The van der Waals surface area contributed by atoms with E-state index in [2.05, 4.69) is 16.8 Å². The number of hydrogen-bond donors (Lipinski definition) is 1. The van der Waals surface area contributed by atoms with Crippen molar-refractivity contribution in [1.82, 2.24) is 9.47 Å². The molecule has 2 heterocycles. The average Bonchev–Trinajstić information content (AvgIpc) is 3.28. The van der Waals surface area contributed by atoms with Gasteiger partial charge in [-0.25, -0.2) is 0 Å². The molecule has 0 aliphatic carbocycles. The standard InChI is InChI=1S/C25H25N3O4S/c1-3-13-27-15-17(20-7-5-6-8-21(20)27)14-22-24(30)28(25(31)33-22)16-23(29)26-18-9-11-19(12-10-18)32-4-2/h5-12,14-15H,3-4,13,16H2,1-2H3,(H,26,29)/b22-14-. The molecule has 1 aliphatic heterocycles. The molecule has 2 aromatic carbocycles. The number of thioether (sulfide) groups is 1. The summed E-state index contributed by atoms with van der Waals surface area (Å²) in [4.78, 5) is 39.1. The van der Waals surface area contributed by atoms with E-state index in [-0.39, 0.29) is 6.54 Å². The first-order valence-electron chi connectivity index (χ1n) is 10.9. The molecule has 1 fully saturated rings. The number of aryl methyl sites for hydroxylation is 1. The quantitative estimate of drug-likeness (QED) is 0.469. The Balaban J connectivity index is 1.48. The van der Waals surface area contributed by atoms with Gasteiger partial charge in [-0.3, -0.25) is 19.3 Å². The average molecular weight is 464 g/mol. The van der Waals surface area contributed by atoms with Gasteiger partial charge in [-0.15, -0.1) is 0 Å². The monoisotopic (exact) mass is 463 g/mol. The smallest absolute Gasteiger partial charge is 0.294 e. The van der Waals surface area contributed by atoms with E-state index in [4.69, 9.17) is 4.74 Å². The van der Waals surface area contributed by atoms with Crippen LogP contribution in [0.15, 0.2) is 59.6 Å². The first-order valence-corrected chi connectivity index (χ1v) is 11.7. The Morgan fingerprint density at radius 1 is 1.09 bits per heavy atom. The zero-order valence-electron chi connectivity index (χ0n) is 18.5. The number of fused-ring (bicyclic) bond motifs is 1. The maximum Gasteiger partial charge on any atom is 0.294 e. The lowest BCUT2D eigenvalue weighted by Crippen LogP contribution is -2.36. The molecule has 1 aromatic heterocycles. The predicted octanol–water partition coefficient (Wildman–Crippen LogP) is 5.13. The summed E-state index contributed by atoms with van der Waals surface area (Å²) in [6, 6.07) is 14.9. The van der Waals surface area contributed by atoms with Crippen LogP contribution >= 0.6 is 11.8 Å². The van der Waals surface area contributed by atoms with Gasteiger partial charge in [0.2, 0.25) is 5.91 Å². The number of nitrogens with one attached hydrogen (secondary N) is 1. The lowest BCUT2D eigenvalue weighted by Gasteiger charge is -2.12. The van der Waals surface area contributed by atoms with E-state index in [9.17, 15) is 14.4 Å². The van der Waals surface area contributed by atoms with Crippen molar-refractivity contribution in [3.63, 3.8) is 0 Å². The summed E-state index contributed by atoms with van der Waals surface area (Å²) in [6.45, 7) is 5.08. The molecule has 0 unspecified atom stereocenters. The minimum absolute atomic E-state index is 0.313. The fourth-order valence-corrected chi connectivity index (χ4v) is 4.57. The number of ether oxygens (including phenoxy) is 1. The van der Waals surface area contributed by atoms with Gasteiger partial charge in [-0.05, 0) is 61.5 Å². The molecule has 0 atom stereocenters. The van der Waals surface area contributed by atoms with Crippen LogP contribution in [0.1, 0.15) is 25.8 Å².